The Morgan fingerprint density at radius 3 is 2.47 bits per heavy atom. The zero-order chi connectivity index (χ0) is 25.2. The van der Waals surface area contributed by atoms with Crippen molar-refractivity contribution in [2.75, 3.05) is 10.3 Å². The summed E-state index contributed by atoms with van der Waals surface area (Å²) in [7, 11) is 0. The van der Waals surface area contributed by atoms with Crippen LogP contribution in [-0.2, 0) is 4.79 Å². The van der Waals surface area contributed by atoms with E-state index in [-0.39, 0.29) is 28.8 Å². The molecule has 4 aromatic carbocycles. The molecule has 8 heteroatoms. The van der Waals surface area contributed by atoms with Crippen LogP contribution in [0.4, 0.5) is 21.9 Å². The number of nitrogens with zero attached hydrogens (tertiary/aromatic N) is 2. The number of aryl methyl sites for hydroxylation is 1. The van der Waals surface area contributed by atoms with Crippen molar-refractivity contribution in [2.45, 2.75) is 6.92 Å². The highest BCUT2D eigenvalue weighted by molar-refractivity contribution is 6.55. The van der Waals surface area contributed by atoms with E-state index >= 15 is 0 Å². The number of rotatable bonds is 5. The number of anilines is 3. The first kappa shape index (κ1) is 22.7. The summed E-state index contributed by atoms with van der Waals surface area (Å²) in [5.41, 5.74) is 7.49. The first-order valence-electron chi connectivity index (χ1n) is 11.1. The van der Waals surface area contributed by atoms with Gasteiger partial charge in [0.15, 0.2) is 5.71 Å². The Morgan fingerprint density at radius 2 is 1.67 bits per heavy atom. The fraction of sp³-hybridized carbons (Fsp3) is 0.0357. The first-order chi connectivity index (χ1) is 17.4. The molecule has 3 N–H and O–H groups in total. The number of phenols is 1. The van der Waals surface area contributed by atoms with Gasteiger partial charge in [-0.2, -0.15) is 5.10 Å². The van der Waals surface area contributed by atoms with Crippen LogP contribution in [0.2, 0.25) is 0 Å². The molecule has 8 nitrogen and oxygen atoms in total. The van der Waals surface area contributed by atoms with Crippen LogP contribution in [0.3, 0.4) is 0 Å². The molecule has 0 saturated carbocycles. The summed E-state index contributed by atoms with van der Waals surface area (Å²) in [6.07, 6.45) is -1.43. The molecule has 178 valence electrons. The SMILES string of the molecule is Cc1cccc(N2C(=O)C(=NNc3cccc(-c4cccc(OC(=O)O)c4)c3O)c3ccccc32)c1. The summed E-state index contributed by atoms with van der Waals surface area (Å²) in [6, 6.07) is 26.4. The first-order valence-corrected chi connectivity index (χ1v) is 11.1. The van der Waals surface area contributed by atoms with Crippen molar-refractivity contribution in [2.24, 2.45) is 5.10 Å². The van der Waals surface area contributed by atoms with Crippen molar-refractivity contribution >= 4 is 34.8 Å². The van der Waals surface area contributed by atoms with E-state index in [0.717, 1.165) is 16.9 Å². The number of hydrogen-bond acceptors (Lipinski definition) is 6. The van der Waals surface area contributed by atoms with E-state index in [0.29, 0.717) is 16.7 Å². The lowest BCUT2D eigenvalue weighted by atomic mass is 10.0. The normalized spacial score (nSPS) is 13.5. The molecular formula is C28H21N3O5. The molecular weight excluding hydrogens is 458 g/mol. The smallest absolute Gasteiger partial charge is 0.505 e. The van der Waals surface area contributed by atoms with Gasteiger partial charge in [0, 0.05) is 16.8 Å². The topological polar surface area (TPSA) is 111 Å². The molecule has 1 aliphatic heterocycles. The van der Waals surface area contributed by atoms with Crippen LogP contribution in [0.1, 0.15) is 11.1 Å². The molecule has 0 fully saturated rings. The van der Waals surface area contributed by atoms with E-state index in [9.17, 15) is 14.7 Å². The molecule has 1 aliphatic rings. The molecule has 0 aliphatic carbocycles. The number of ether oxygens (including phenoxy) is 1. The van der Waals surface area contributed by atoms with Crippen LogP contribution in [-0.4, -0.2) is 28.0 Å². The van der Waals surface area contributed by atoms with Gasteiger partial charge in [0.2, 0.25) is 0 Å². The maximum atomic E-state index is 13.4. The van der Waals surface area contributed by atoms with Crippen molar-refractivity contribution < 1.29 is 24.5 Å². The second kappa shape index (κ2) is 9.27. The third-order valence-electron chi connectivity index (χ3n) is 5.74. The highest BCUT2D eigenvalue weighted by Crippen LogP contribution is 2.38. The van der Waals surface area contributed by atoms with Crippen LogP contribution in [0.25, 0.3) is 11.1 Å². The zero-order valence-electron chi connectivity index (χ0n) is 19.2. The van der Waals surface area contributed by atoms with Crippen molar-refractivity contribution in [3.05, 3.63) is 102 Å². The van der Waals surface area contributed by atoms with Gasteiger partial charge in [-0.05, 0) is 54.4 Å². The van der Waals surface area contributed by atoms with Crippen molar-refractivity contribution in [1.82, 2.24) is 0 Å². The summed E-state index contributed by atoms with van der Waals surface area (Å²) in [5, 5.41) is 24.2. The predicted molar refractivity (Wildman–Crippen MR) is 137 cm³/mol. The number of carboxylic acid groups (broad SMARTS) is 1. The number of phenolic OH excluding ortho intramolecular Hbond substituents is 1. The average molecular weight is 479 g/mol. The van der Waals surface area contributed by atoms with Crippen LogP contribution in [0.5, 0.6) is 11.5 Å². The lowest BCUT2D eigenvalue weighted by Crippen LogP contribution is -2.26. The molecule has 0 unspecified atom stereocenters. The van der Waals surface area contributed by atoms with Gasteiger partial charge in [0.1, 0.15) is 11.5 Å². The highest BCUT2D eigenvalue weighted by atomic mass is 16.7. The fourth-order valence-electron chi connectivity index (χ4n) is 4.14. The van der Waals surface area contributed by atoms with Gasteiger partial charge in [0.25, 0.3) is 5.91 Å². The monoisotopic (exact) mass is 479 g/mol. The number of benzene rings is 4. The molecule has 0 radical (unpaired) electrons. The van der Waals surface area contributed by atoms with Gasteiger partial charge < -0.3 is 14.9 Å². The minimum atomic E-state index is -1.43. The Morgan fingerprint density at radius 1 is 0.917 bits per heavy atom. The molecule has 1 heterocycles. The second-order valence-electron chi connectivity index (χ2n) is 8.17. The third-order valence-corrected chi connectivity index (χ3v) is 5.74. The minimum Gasteiger partial charge on any atom is -0.505 e. The summed E-state index contributed by atoms with van der Waals surface area (Å²) < 4.78 is 4.72. The Balaban J connectivity index is 1.48. The largest absolute Gasteiger partial charge is 0.511 e. The van der Waals surface area contributed by atoms with Crippen molar-refractivity contribution in [3.63, 3.8) is 0 Å². The quantitative estimate of drug-likeness (QED) is 0.142. The standard InChI is InChI=1S/C28H21N3O5/c1-17-7-4-9-19(15-17)31-24-14-3-2-11-22(24)25(27(31)33)30-29-23-13-6-12-21(26(23)32)18-8-5-10-20(16-18)36-28(34)35/h2-16,29,32H,1H3,(H,34,35). The maximum absolute atomic E-state index is 13.4. The lowest BCUT2D eigenvalue weighted by molar-refractivity contribution is -0.111. The Hall–Kier alpha value is -5.11. The lowest BCUT2D eigenvalue weighted by Gasteiger charge is -2.17. The third kappa shape index (κ3) is 4.23. The Bertz CT molecular complexity index is 1530. The number of carbonyl (C=O) groups excluding carboxylic acids is 1. The number of amides is 1. The molecule has 0 atom stereocenters. The predicted octanol–water partition coefficient (Wildman–Crippen LogP) is 5.92. The molecule has 0 spiro atoms. The van der Waals surface area contributed by atoms with Gasteiger partial charge in [-0.25, -0.2) is 4.79 Å². The van der Waals surface area contributed by atoms with Crippen LogP contribution >= 0.6 is 0 Å². The van der Waals surface area contributed by atoms with E-state index in [2.05, 4.69) is 10.5 Å². The van der Waals surface area contributed by atoms with Crippen molar-refractivity contribution in [3.8, 4) is 22.6 Å². The summed E-state index contributed by atoms with van der Waals surface area (Å²) in [4.78, 5) is 25.9. The highest BCUT2D eigenvalue weighted by Gasteiger charge is 2.35. The average Bonchev–Trinajstić information content (AvgIpc) is 3.14. The van der Waals surface area contributed by atoms with Crippen LogP contribution in [0, 0.1) is 6.92 Å². The van der Waals surface area contributed by atoms with E-state index in [1.165, 1.54) is 12.1 Å². The second-order valence-corrected chi connectivity index (χ2v) is 8.17. The Labute approximate surface area is 206 Å². The van der Waals surface area contributed by atoms with E-state index < -0.39 is 6.16 Å². The number of nitrogens with one attached hydrogen (secondary N) is 1. The number of para-hydroxylation sites is 2. The Kier molecular flexibility index (Phi) is 5.83. The molecule has 0 saturated heterocycles. The van der Waals surface area contributed by atoms with Gasteiger partial charge in [0.05, 0.1) is 11.4 Å². The van der Waals surface area contributed by atoms with E-state index in [4.69, 9.17) is 9.84 Å². The van der Waals surface area contributed by atoms with Crippen LogP contribution in [0.15, 0.2) is 96.1 Å². The number of hydrogen-bond donors (Lipinski definition) is 3. The molecule has 0 aromatic heterocycles. The van der Waals surface area contributed by atoms with Crippen LogP contribution < -0.4 is 15.1 Å². The van der Waals surface area contributed by atoms with Gasteiger partial charge in [-0.1, -0.05) is 54.6 Å². The van der Waals surface area contributed by atoms with Gasteiger partial charge in [-0.15, -0.1) is 0 Å². The molecule has 5 rings (SSSR count). The fourth-order valence-corrected chi connectivity index (χ4v) is 4.14. The van der Waals surface area contributed by atoms with Gasteiger partial charge >= 0.3 is 6.16 Å². The number of hydrazone groups is 1. The number of aromatic hydroxyl groups is 1. The maximum Gasteiger partial charge on any atom is 0.511 e. The molecule has 1 amide bonds. The zero-order valence-corrected chi connectivity index (χ0v) is 19.2. The number of carbonyl (C=O) groups is 2. The van der Waals surface area contributed by atoms with E-state index in [1.807, 2.05) is 55.5 Å². The summed E-state index contributed by atoms with van der Waals surface area (Å²) >= 11 is 0. The van der Waals surface area contributed by atoms with E-state index in [1.54, 1.807) is 35.2 Å². The minimum absolute atomic E-state index is 0.108. The number of fused-ring (bicyclic) bond motifs is 1. The summed E-state index contributed by atoms with van der Waals surface area (Å²) in [6.45, 7) is 1.96. The molecule has 36 heavy (non-hydrogen) atoms. The summed E-state index contributed by atoms with van der Waals surface area (Å²) in [5.74, 6) is -0.269. The van der Waals surface area contributed by atoms with Crippen molar-refractivity contribution in [1.29, 1.82) is 0 Å². The molecule has 0 bridgehead atoms. The molecule has 4 aromatic rings. The van der Waals surface area contributed by atoms with Gasteiger partial charge in [-0.3, -0.25) is 15.1 Å².